The molecule has 1 heterocycles. The van der Waals surface area contributed by atoms with Crippen LogP contribution in [-0.4, -0.2) is 36.1 Å². The number of nitrogens with two attached hydrogens (primary N) is 1. The lowest BCUT2D eigenvalue weighted by Gasteiger charge is -2.31. The van der Waals surface area contributed by atoms with Crippen LogP contribution in [0.4, 0.5) is 5.69 Å². The average Bonchev–Trinajstić information content (AvgIpc) is 2.45. The molecule has 0 saturated carbocycles. The second-order valence-electron chi connectivity index (χ2n) is 5.32. The number of thiocarbonyl (C=S) groups is 1. The average molecular weight is 356 g/mol. The highest BCUT2D eigenvalue weighted by molar-refractivity contribution is 9.10. The highest BCUT2D eigenvalue weighted by Crippen LogP contribution is 2.23. The van der Waals surface area contributed by atoms with E-state index in [1.165, 1.54) is 32.5 Å². The number of anilines is 1. The first-order valence-corrected chi connectivity index (χ1v) is 8.36. The van der Waals surface area contributed by atoms with Crippen LogP contribution in [-0.2, 0) is 0 Å². The molecule has 1 saturated heterocycles. The second kappa shape index (κ2) is 7.38. The van der Waals surface area contributed by atoms with E-state index in [0.717, 1.165) is 28.2 Å². The smallest absolute Gasteiger partial charge is 0.105 e. The Kier molecular flexibility index (Phi) is 5.81. The molecule has 1 aliphatic heterocycles. The van der Waals surface area contributed by atoms with E-state index < -0.39 is 0 Å². The third kappa shape index (κ3) is 4.17. The van der Waals surface area contributed by atoms with Crippen LogP contribution in [0.1, 0.15) is 25.3 Å². The summed E-state index contributed by atoms with van der Waals surface area (Å²) in [6.45, 7) is 6.91. The molecule has 20 heavy (non-hydrogen) atoms. The molecular formula is C15H22BrN3S. The SMILES string of the molecule is CCN1CCC(CNc2ccc(C(N)=S)c(Br)c2)CC1. The van der Waals surface area contributed by atoms with E-state index in [9.17, 15) is 0 Å². The van der Waals surface area contributed by atoms with Crippen LogP contribution in [0, 0.1) is 5.92 Å². The summed E-state index contributed by atoms with van der Waals surface area (Å²) in [5, 5.41) is 3.52. The van der Waals surface area contributed by atoms with Gasteiger partial charge in [-0.3, -0.25) is 0 Å². The van der Waals surface area contributed by atoms with Crippen LogP contribution in [0.3, 0.4) is 0 Å². The minimum Gasteiger partial charge on any atom is -0.389 e. The summed E-state index contributed by atoms with van der Waals surface area (Å²) in [5.74, 6) is 0.770. The summed E-state index contributed by atoms with van der Waals surface area (Å²) in [4.78, 5) is 2.94. The number of piperidine rings is 1. The van der Waals surface area contributed by atoms with E-state index >= 15 is 0 Å². The van der Waals surface area contributed by atoms with Gasteiger partial charge in [0.25, 0.3) is 0 Å². The van der Waals surface area contributed by atoms with E-state index in [1.54, 1.807) is 0 Å². The van der Waals surface area contributed by atoms with Gasteiger partial charge in [0.2, 0.25) is 0 Å². The molecule has 0 amide bonds. The van der Waals surface area contributed by atoms with Gasteiger partial charge in [0, 0.05) is 22.3 Å². The fourth-order valence-electron chi connectivity index (χ4n) is 2.59. The van der Waals surface area contributed by atoms with E-state index in [0.29, 0.717) is 4.99 Å². The van der Waals surface area contributed by atoms with E-state index in [1.807, 2.05) is 12.1 Å². The quantitative estimate of drug-likeness (QED) is 0.795. The molecule has 1 fully saturated rings. The number of nitrogens with zero attached hydrogens (tertiary/aromatic N) is 1. The topological polar surface area (TPSA) is 41.3 Å². The van der Waals surface area contributed by atoms with Crippen molar-refractivity contribution in [2.24, 2.45) is 11.7 Å². The molecule has 1 aliphatic rings. The molecule has 0 radical (unpaired) electrons. The Labute approximate surface area is 135 Å². The minimum atomic E-state index is 0.426. The van der Waals surface area contributed by atoms with Crippen molar-refractivity contribution in [2.75, 3.05) is 31.5 Å². The van der Waals surface area contributed by atoms with E-state index in [4.69, 9.17) is 18.0 Å². The first kappa shape index (κ1) is 15.7. The Morgan fingerprint density at radius 1 is 1.45 bits per heavy atom. The summed E-state index contributed by atoms with van der Waals surface area (Å²) < 4.78 is 0.954. The molecule has 2 rings (SSSR count). The van der Waals surface area contributed by atoms with Gasteiger partial charge < -0.3 is 16.0 Å². The Morgan fingerprint density at radius 3 is 2.70 bits per heavy atom. The van der Waals surface area contributed by atoms with Crippen LogP contribution in [0.15, 0.2) is 22.7 Å². The number of likely N-dealkylation sites (tertiary alicyclic amines) is 1. The van der Waals surface area contributed by atoms with Crippen molar-refractivity contribution < 1.29 is 0 Å². The predicted octanol–water partition coefficient (Wildman–Crippen LogP) is 3.23. The van der Waals surface area contributed by atoms with Crippen molar-refractivity contribution in [3.05, 3.63) is 28.2 Å². The molecule has 0 unspecified atom stereocenters. The summed E-state index contributed by atoms with van der Waals surface area (Å²) >= 11 is 8.52. The maximum atomic E-state index is 5.66. The van der Waals surface area contributed by atoms with Crippen molar-refractivity contribution in [1.29, 1.82) is 0 Å². The summed E-state index contributed by atoms with van der Waals surface area (Å²) in [5.41, 5.74) is 7.67. The molecule has 3 nitrogen and oxygen atoms in total. The lowest BCUT2D eigenvalue weighted by molar-refractivity contribution is 0.198. The molecule has 110 valence electrons. The van der Waals surface area contributed by atoms with Crippen molar-refractivity contribution in [2.45, 2.75) is 19.8 Å². The Bertz CT molecular complexity index is 470. The maximum Gasteiger partial charge on any atom is 0.105 e. The van der Waals surface area contributed by atoms with Crippen LogP contribution >= 0.6 is 28.1 Å². The Morgan fingerprint density at radius 2 is 2.15 bits per heavy atom. The Hall–Kier alpha value is -0.650. The fraction of sp³-hybridized carbons (Fsp3) is 0.533. The van der Waals surface area contributed by atoms with E-state index in [-0.39, 0.29) is 0 Å². The number of nitrogens with one attached hydrogen (secondary N) is 1. The lowest BCUT2D eigenvalue weighted by Crippen LogP contribution is -2.35. The summed E-state index contributed by atoms with van der Waals surface area (Å²) in [7, 11) is 0. The molecule has 0 aliphatic carbocycles. The number of hydrogen-bond donors (Lipinski definition) is 2. The van der Waals surface area contributed by atoms with E-state index in [2.05, 4.69) is 39.1 Å². The molecule has 0 bridgehead atoms. The summed E-state index contributed by atoms with van der Waals surface area (Å²) in [6, 6.07) is 6.06. The van der Waals surface area contributed by atoms with Gasteiger partial charge in [0.05, 0.1) is 0 Å². The predicted molar refractivity (Wildman–Crippen MR) is 93.4 cm³/mol. The third-order valence-corrected chi connectivity index (χ3v) is 4.86. The van der Waals surface area contributed by atoms with Gasteiger partial charge in [-0.1, -0.05) is 19.1 Å². The molecule has 0 aromatic heterocycles. The summed E-state index contributed by atoms with van der Waals surface area (Å²) in [6.07, 6.45) is 2.57. The molecule has 0 atom stereocenters. The monoisotopic (exact) mass is 355 g/mol. The molecular weight excluding hydrogens is 334 g/mol. The third-order valence-electron chi connectivity index (χ3n) is 3.98. The number of benzene rings is 1. The van der Waals surface area contributed by atoms with Gasteiger partial charge >= 0.3 is 0 Å². The zero-order valence-corrected chi connectivity index (χ0v) is 14.3. The largest absolute Gasteiger partial charge is 0.389 e. The standard InChI is InChI=1S/C15H22BrN3S/c1-2-19-7-5-11(6-8-19)10-18-12-3-4-13(15(17)20)14(16)9-12/h3-4,9,11,18H,2,5-8,10H2,1H3,(H2,17,20). The lowest BCUT2D eigenvalue weighted by atomic mass is 9.97. The van der Waals surface area contributed by atoms with Crippen LogP contribution in [0.2, 0.25) is 0 Å². The fourth-order valence-corrected chi connectivity index (χ4v) is 3.50. The van der Waals surface area contributed by atoms with Gasteiger partial charge in [-0.25, -0.2) is 0 Å². The van der Waals surface area contributed by atoms with Gasteiger partial charge in [-0.2, -0.15) is 0 Å². The zero-order valence-electron chi connectivity index (χ0n) is 11.9. The Balaban J connectivity index is 1.85. The minimum absolute atomic E-state index is 0.426. The maximum absolute atomic E-state index is 5.66. The van der Waals surface area contributed by atoms with Crippen molar-refractivity contribution in [3.63, 3.8) is 0 Å². The second-order valence-corrected chi connectivity index (χ2v) is 6.61. The van der Waals surface area contributed by atoms with Gasteiger partial charge in [0.15, 0.2) is 0 Å². The first-order valence-electron chi connectivity index (χ1n) is 7.15. The molecule has 1 aromatic rings. The van der Waals surface area contributed by atoms with Crippen molar-refractivity contribution in [3.8, 4) is 0 Å². The molecule has 3 N–H and O–H groups in total. The van der Waals surface area contributed by atoms with Crippen molar-refractivity contribution >= 4 is 38.8 Å². The first-order chi connectivity index (χ1) is 9.60. The molecule has 5 heteroatoms. The number of hydrogen-bond acceptors (Lipinski definition) is 3. The van der Waals surface area contributed by atoms with Gasteiger partial charge in [-0.15, -0.1) is 0 Å². The number of halogens is 1. The van der Waals surface area contributed by atoms with Crippen LogP contribution in [0.25, 0.3) is 0 Å². The van der Waals surface area contributed by atoms with Gasteiger partial charge in [0.1, 0.15) is 4.99 Å². The van der Waals surface area contributed by atoms with Gasteiger partial charge in [-0.05, 0) is 72.5 Å². The number of rotatable bonds is 5. The van der Waals surface area contributed by atoms with Crippen LogP contribution in [0.5, 0.6) is 0 Å². The highest BCUT2D eigenvalue weighted by Gasteiger charge is 2.17. The highest BCUT2D eigenvalue weighted by atomic mass is 79.9. The molecule has 0 spiro atoms. The zero-order chi connectivity index (χ0) is 14.5. The van der Waals surface area contributed by atoms with Crippen LogP contribution < -0.4 is 11.1 Å². The normalized spacial score (nSPS) is 17.1. The molecule has 1 aromatic carbocycles. The van der Waals surface area contributed by atoms with Crippen molar-refractivity contribution in [1.82, 2.24) is 4.90 Å².